The first kappa shape index (κ1) is 18.0. The number of likely N-dealkylation sites (tertiary alicyclic amines) is 1. The maximum Gasteiger partial charge on any atom is 0.159 e. The zero-order chi connectivity index (χ0) is 18.7. The van der Waals surface area contributed by atoms with Gasteiger partial charge in [0.1, 0.15) is 0 Å². The molecule has 3 aromatic rings. The molecule has 3 nitrogen and oxygen atoms in total. The molecule has 4 rings (SSSR count). The molecule has 0 bridgehead atoms. The molecule has 0 spiro atoms. The third-order valence-corrected chi connectivity index (χ3v) is 7.24. The number of nitrogens with zero attached hydrogens (tertiary/aromatic N) is 1. The lowest BCUT2D eigenvalue weighted by Gasteiger charge is -2.44. The van der Waals surface area contributed by atoms with Crippen molar-refractivity contribution >= 4 is 9.84 Å². The van der Waals surface area contributed by atoms with Crippen LogP contribution >= 0.6 is 0 Å². The number of sulfone groups is 1. The van der Waals surface area contributed by atoms with Crippen molar-refractivity contribution in [3.05, 3.63) is 108 Å². The van der Waals surface area contributed by atoms with Gasteiger partial charge in [0.15, 0.2) is 9.84 Å². The highest BCUT2D eigenvalue weighted by atomic mass is 32.2. The molecule has 27 heavy (non-hydrogen) atoms. The summed E-state index contributed by atoms with van der Waals surface area (Å²) < 4.78 is 25.6. The third-order valence-electron chi connectivity index (χ3n) is 5.19. The fourth-order valence-corrected chi connectivity index (χ4v) is 5.45. The van der Waals surface area contributed by atoms with Crippen molar-refractivity contribution in [1.82, 2.24) is 4.90 Å². The topological polar surface area (TPSA) is 37.4 Å². The molecule has 0 radical (unpaired) electrons. The van der Waals surface area contributed by atoms with Crippen molar-refractivity contribution in [3.8, 4) is 0 Å². The van der Waals surface area contributed by atoms with Gasteiger partial charge in [0.05, 0.1) is 17.0 Å². The van der Waals surface area contributed by atoms with Crippen LogP contribution in [0.25, 0.3) is 0 Å². The van der Waals surface area contributed by atoms with E-state index in [1.807, 2.05) is 66.7 Å². The highest BCUT2D eigenvalue weighted by Gasteiger charge is 2.41. The Morgan fingerprint density at radius 3 is 1.67 bits per heavy atom. The van der Waals surface area contributed by atoms with E-state index in [2.05, 4.69) is 29.2 Å². The number of hydrogen-bond acceptors (Lipinski definition) is 3. The van der Waals surface area contributed by atoms with E-state index in [-0.39, 0.29) is 17.0 Å². The van der Waals surface area contributed by atoms with Gasteiger partial charge in [-0.05, 0) is 16.7 Å². The molecule has 1 aliphatic rings. The average molecular weight is 378 g/mol. The summed E-state index contributed by atoms with van der Waals surface area (Å²) in [7, 11) is -3.15. The average Bonchev–Trinajstić information content (AvgIpc) is 2.66. The summed E-state index contributed by atoms with van der Waals surface area (Å²) in [6.07, 6.45) is 0. The van der Waals surface area contributed by atoms with Crippen molar-refractivity contribution in [1.29, 1.82) is 0 Å². The zero-order valence-corrected chi connectivity index (χ0v) is 15.9. The van der Waals surface area contributed by atoms with Crippen LogP contribution in [0, 0.1) is 0 Å². The van der Waals surface area contributed by atoms with Crippen LogP contribution in [-0.2, 0) is 15.6 Å². The Morgan fingerprint density at radius 1 is 0.741 bits per heavy atom. The SMILES string of the molecule is O=S(=O)(Cc1ccccc1)C1CN(C(c2ccccc2)c2ccccc2)C1. The van der Waals surface area contributed by atoms with Crippen LogP contribution < -0.4 is 0 Å². The van der Waals surface area contributed by atoms with Gasteiger partial charge in [0, 0.05) is 13.1 Å². The van der Waals surface area contributed by atoms with Gasteiger partial charge < -0.3 is 0 Å². The maximum absolute atomic E-state index is 12.8. The molecule has 0 unspecified atom stereocenters. The Hall–Kier alpha value is -2.43. The summed E-state index contributed by atoms with van der Waals surface area (Å²) in [4.78, 5) is 2.26. The Labute approximate surface area is 161 Å². The van der Waals surface area contributed by atoms with Crippen molar-refractivity contribution in [3.63, 3.8) is 0 Å². The van der Waals surface area contributed by atoms with E-state index < -0.39 is 9.84 Å². The molecule has 0 atom stereocenters. The van der Waals surface area contributed by atoms with E-state index >= 15 is 0 Å². The highest BCUT2D eigenvalue weighted by molar-refractivity contribution is 7.91. The van der Waals surface area contributed by atoms with Gasteiger partial charge in [-0.3, -0.25) is 4.90 Å². The van der Waals surface area contributed by atoms with E-state index in [4.69, 9.17) is 0 Å². The second kappa shape index (κ2) is 7.67. The number of hydrogen-bond donors (Lipinski definition) is 0. The van der Waals surface area contributed by atoms with Gasteiger partial charge in [-0.25, -0.2) is 8.42 Å². The molecular formula is C23H23NO2S. The van der Waals surface area contributed by atoms with E-state index in [0.29, 0.717) is 13.1 Å². The molecule has 0 amide bonds. The Kier molecular flexibility index (Phi) is 5.10. The summed E-state index contributed by atoms with van der Waals surface area (Å²) >= 11 is 0. The minimum atomic E-state index is -3.15. The Balaban J connectivity index is 1.52. The van der Waals surface area contributed by atoms with Crippen LogP contribution in [0.5, 0.6) is 0 Å². The smallest absolute Gasteiger partial charge is 0.159 e. The van der Waals surface area contributed by atoms with E-state index in [9.17, 15) is 8.42 Å². The second-order valence-corrected chi connectivity index (χ2v) is 9.37. The molecule has 3 aromatic carbocycles. The zero-order valence-electron chi connectivity index (χ0n) is 15.1. The fraction of sp³-hybridized carbons (Fsp3) is 0.217. The molecule has 1 fully saturated rings. The van der Waals surface area contributed by atoms with Crippen molar-refractivity contribution < 1.29 is 8.42 Å². The quantitative estimate of drug-likeness (QED) is 0.650. The van der Waals surface area contributed by atoms with E-state index in [1.165, 1.54) is 11.1 Å². The second-order valence-electron chi connectivity index (χ2n) is 7.09. The first-order valence-electron chi connectivity index (χ1n) is 9.23. The summed E-state index contributed by atoms with van der Waals surface area (Å²) in [6, 6.07) is 30.2. The van der Waals surface area contributed by atoms with Gasteiger partial charge >= 0.3 is 0 Å². The largest absolute Gasteiger partial charge is 0.290 e. The highest BCUT2D eigenvalue weighted by Crippen LogP contribution is 2.34. The maximum atomic E-state index is 12.8. The molecule has 1 heterocycles. The minimum absolute atomic E-state index is 0.0931. The number of rotatable bonds is 6. The molecule has 0 aromatic heterocycles. The van der Waals surface area contributed by atoms with Crippen LogP contribution in [0.3, 0.4) is 0 Å². The summed E-state index contributed by atoms with van der Waals surface area (Å²) in [5.41, 5.74) is 3.25. The predicted molar refractivity (Wildman–Crippen MR) is 109 cm³/mol. The van der Waals surface area contributed by atoms with Crippen LogP contribution in [-0.4, -0.2) is 31.7 Å². The lowest BCUT2D eigenvalue weighted by atomic mass is 9.94. The molecule has 4 heteroatoms. The van der Waals surface area contributed by atoms with Crippen LogP contribution in [0.15, 0.2) is 91.0 Å². The summed E-state index contributed by atoms with van der Waals surface area (Å²) in [6.45, 7) is 1.15. The molecule has 1 aliphatic heterocycles. The molecule has 0 aliphatic carbocycles. The third kappa shape index (κ3) is 3.97. The first-order chi connectivity index (χ1) is 13.1. The van der Waals surface area contributed by atoms with Crippen molar-refractivity contribution in [2.24, 2.45) is 0 Å². The van der Waals surface area contributed by atoms with Gasteiger partial charge in [-0.15, -0.1) is 0 Å². The van der Waals surface area contributed by atoms with E-state index in [1.54, 1.807) is 0 Å². The normalized spacial score (nSPS) is 15.6. The predicted octanol–water partition coefficient (Wildman–Crippen LogP) is 4.08. The monoisotopic (exact) mass is 377 g/mol. The lowest BCUT2D eigenvalue weighted by molar-refractivity contribution is 0.144. The minimum Gasteiger partial charge on any atom is -0.290 e. The van der Waals surface area contributed by atoms with Gasteiger partial charge in [-0.2, -0.15) is 0 Å². The van der Waals surface area contributed by atoms with E-state index in [0.717, 1.165) is 5.56 Å². The molecule has 138 valence electrons. The van der Waals surface area contributed by atoms with Gasteiger partial charge in [-0.1, -0.05) is 91.0 Å². The molecule has 1 saturated heterocycles. The first-order valence-corrected chi connectivity index (χ1v) is 10.9. The van der Waals surface area contributed by atoms with Gasteiger partial charge in [0.2, 0.25) is 0 Å². The van der Waals surface area contributed by atoms with Crippen LogP contribution in [0.1, 0.15) is 22.7 Å². The molecular weight excluding hydrogens is 354 g/mol. The number of benzene rings is 3. The fourth-order valence-electron chi connectivity index (χ4n) is 3.72. The molecule has 0 saturated carbocycles. The van der Waals surface area contributed by atoms with Crippen molar-refractivity contribution in [2.75, 3.05) is 13.1 Å². The summed E-state index contributed by atoms with van der Waals surface area (Å²) in [5.74, 6) is 0.119. The Bertz CT molecular complexity index is 927. The van der Waals surface area contributed by atoms with Crippen LogP contribution in [0.2, 0.25) is 0 Å². The van der Waals surface area contributed by atoms with Crippen LogP contribution in [0.4, 0.5) is 0 Å². The molecule has 0 N–H and O–H groups in total. The Morgan fingerprint density at radius 2 is 1.19 bits per heavy atom. The summed E-state index contributed by atoms with van der Waals surface area (Å²) in [5, 5.41) is -0.298. The lowest BCUT2D eigenvalue weighted by Crippen LogP contribution is -2.56. The van der Waals surface area contributed by atoms with Gasteiger partial charge in [0.25, 0.3) is 0 Å². The standard InChI is InChI=1S/C23H23NO2S/c25-27(26,18-19-10-4-1-5-11-19)22-16-24(17-22)23(20-12-6-2-7-13-20)21-14-8-3-9-15-21/h1-15,22-23H,16-18H2. The van der Waals surface area contributed by atoms with Crippen molar-refractivity contribution in [2.45, 2.75) is 17.0 Å².